The van der Waals surface area contributed by atoms with Crippen molar-refractivity contribution < 1.29 is 9.53 Å². The van der Waals surface area contributed by atoms with E-state index in [1.54, 1.807) is 7.11 Å². The third-order valence-electron chi connectivity index (χ3n) is 6.20. The summed E-state index contributed by atoms with van der Waals surface area (Å²) in [4.78, 5) is 15.4. The van der Waals surface area contributed by atoms with Gasteiger partial charge in [-0.15, -0.1) is 0 Å². The molecule has 0 unspecified atom stereocenters. The minimum Gasteiger partial charge on any atom is -0.496 e. The Morgan fingerprint density at radius 3 is 2.30 bits per heavy atom. The van der Waals surface area contributed by atoms with E-state index < -0.39 is 0 Å². The second-order valence-corrected chi connectivity index (χ2v) is 8.36. The first-order valence-corrected chi connectivity index (χ1v) is 10.8. The second-order valence-electron chi connectivity index (χ2n) is 8.36. The summed E-state index contributed by atoms with van der Waals surface area (Å²) in [5.41, 5.74) is 2.92. The average Bonchev–Trinajstić information content (AvgIpc) is 2.78. The van der Waals surface area contributed by atoms with E-state index in [9.17, 15) is 4.79 Å². The van der Waals surface area contributed by atoms with Crippen LogP contribution in [0.5, 0.6) is 5.75 Å². The first-order chi connectivity index (χ1) is 14.5. The molecule has 0 spiro atoms. The molecule has 1 amide bonds. The van der Waals surface area contributed by atoms with Gasteiger partial charge in [0, 0.05) is 18.8 Å². The van der Waals surface area contributed by atoms with E-state index in [0.29, 0.717) is 11.3 Å². The van der Waals surface area contributed by atoms with Crippen LogP contribution in [0.2, 0.25) is 0 Å². The third-order valence-corrected chi connectivity index (χ3v) is 6.20. The molecule has 1 aliphatic heterocycles. The van der Waals surface area contributed by atoms with Crippen molar-refractivity contribution in [2.24, 2.45) is 5.92 Å². The lowest BCUT2D eigenvalue weighted by atomic mass is 9.98. The molecular formula is C26H30N2O2. The number of hydrogen-bond donors (Lipinski definition) is 1. The van der Waals surface area contributed by atoms with Crippen molar-refractivity contribution in [1.82, 2.24) is 5.32 Å². The van der Waals surface area contributed by atoms with E-state index in [1.807, 2.05) is 43.3 Å². The molecule has 3 aromatic carbocycles. The number of nitrogens with zero attached hydrogens (tertiary/aromatic N) is 1. The molecule has 0 radical (unpaired) electrons. The number of carbonyl (C=O) groups excluding carboxylic acids is 1. The predicted molar refractivity (Wildman–Crippen MR) is 123 cm³/mol. The molecule has 1 saturated heterocycles. The topological polar surface area (TPSA) is 41.6 Å². The van der Waals surface area contributed by atoms with Gasteiger partial charge in [-0.3, -0.25) is 4.79 Å². The molecule has 1 atom stereocenters. The zero-order valence-corrected chi connectivity index (χ0v) is 18.0. The summed E-state index contributed by atoms with van der Waals surface area (Å²) in [6, 6.07) is 20.3. The number of fused-ring (bicyclic) bond motifs is 1. The van der Waals surface area contributed by atoms with Crippen molar-refractivity contribution in [2.45, 2.75) is 32.7 Å². The average molecular weight is 403 g/mol. The zero-order valence-electron chi connectivity index (χ0n) is 18.0. The first-order valence-electron chi connectivity index (χ1n) is 10.8. The number of nitrogens with one attached hydrogen (secondary N) is 1. The molecule has 1 fully saturated rings. The highest BCUT2D eigenvalue weighted by molar-refractivity contribution is 6.01. The van der Waals surface area contributed by atoms with Crippen molar-refractivity contribution in [3.8, 4) is 5.75 Å². The van der Waals surface area contributed by atoms with Crippen molar-refractivity contribution in [3.05, 3.63) is 71.8 Å². The number of amides is 1. The Hall–Kier alpha value is -3.01. The normalized spacial score (nSPS) is 15.8. The Kier molecular flexibility index (Phi) is 5.93. The Morgan fingerprint density at radius 2 is 1.67 bits per heavy atom. The van der Waals surface area contributed by atoms with E-state index in [2.05, 4.69) is 41.4 Å². The van der Waals surface area contributed by atoms with Crippen LogP contribution in [0, 0.1) is 5.92 Å². The molecule has 4 rings (SSSR count). The highest BCUT2D eigenvalue weighted by Crippen LogP contribution is 2.28. The SMILES string of the molecule is COc1cc2ccccc2cc1C(=O)N[C@H](C)c1ccc(N2CCC(C)CC2)cc1. The molecule has 3 aromatic rings. The number of methoxy groups -OCH3 is 1. The number of benzene rings is 3. The van der Waals surface area contributed by atoms with E-state index in [-0.39, 0.29) is 11.9 Å². The van der Waals surface area contributed by atoms with E-state index >= 15 is 0 Å². The van der Waals surface area contributed by atoms with Gasteiger partial charge in [0.1, 0.15) is 5.75 Å². The standard InChI is InChI=1S/C26H30N2O2/c1-18-12-14-28(15-13-18)23-10-8-20(9-11-23)19(2)27-26(29)24-16-21-6-4-5-7-22(21)17-25(24)30-3/h4-11,16-19H,12-15H2,1-3H3,(H,27,29)/t19-/m1/s1. The van der Waals surface area contributed by atoms with Crippen LogP contribution in [0.1, 0.15) is 48.7 Å². The molecule has 0 aromatic heterocycles. The van der Waals surface area contributed by atoms with Gasteiger partial charge < -0.3 is 15.0 Å². The molecule has 4 nitrogen and oxygen atoms in total. The van der Waals surface area contributed by atoms with E-state index in [1.165, 1.54) is 18.5 Å². The zero-order chi connectivity index (χ0) is 21.1. The lowest BCUT2D eigenvalue weighted by Gasteiger charge is -2.32. The number of carbonyl (C=O) groups is 1. The number of piperidine rings is 1. The Morgan fingerprint density at radius 1 is 1.03 bits per heavy atom. The summed E-state index contributed by atoms with van der Waals surface area (Å²) in [5.74, 6) is 1.29. The predicted octanol–water partition coefficient (Wildman–Crippen LogP) is 5.58. The number of ether oxygens (including phenoxy) is 1. The van der Waals surface area contributed by atoms with Crippen molar-refractivity contribution in [1.29, 1.82) is 0 Å². The molecule has 1 heterocycles. The molecule has 0 bridgehead atoms. The number of anilines is 1. The van der Waals surface area contributed by atoms with Crippen LogP contribution < -0.4 is 15.0 Å². The van der Waals surface area contributed by atoms with Gasteiger partial charge in [0.05, 0.1) is 18.7 Å². The van der Waals surface area contributed by atoms with Gasteiger partial charge in [0.2, 0.25) is 0 Å². The fourth-order valence-corrected chi connectivity index (χ4v) is 4.16. The summed E-state index contributed by atoms with van der Waals surface area (Å²) < 4.78 is 5.49. The molecule has 4 heteroatoms. The fraction of sp³-hybridized carbons (Fsp3) is 0.346. The maximum absolute atomic E-state index is 13.0. The quantitative estimate of drug-likeness (QED) is 0.606. The van der Waals surface area contributed by atoms with Crippen molar-refractivity contribution >= 4 is 22.4 Å². The first kappa shape index (κ1) is 20.3. The highest BCUT2D eigenvalue weighted by Gasteiger charge is 2.18. The Bertz CT molecular complexity index is 1020. The van der Waals surface area contributed by atoms with Crippen LogP contribution in [-0.4, -0.2) is 26.1 Å². The largest absolute Gasteiger partial charge is 0.496 e. The van der Waals surface area contributed by atoms with E-state index in [0.717, 1.165) is 35.3 Å². The van der Waals surface area contributed by atoms with Crippen LogP contribution in [0.15, 0.2) is 60.7 Å². The summed E-state index contributed by atoms with van der Waals surface area (Å²) >= 11 is 0. The molecule has 1 N–H and O–H groups in total. The van der Waals surface area contributed by atoms with Gasteiger partial charge in [-0.1, -0.05) is 43.3 Å². The number of rotatable bonds is 5. The highest BCUT2D eigenvalue weighted by atomic mass is 16.5. The van der Waals surface area contributed by atoms with Gasteiger partial charge in [0.25, 0.3) is 5.91 Å². The van der Waals surface area contributed by atoms with Crippen LogP contribution in [0.25, 0.3) is 10.8 Å². The van der Waals surface area contributed by atoms with Crippen molar-refractivity contribution in [2.75, 3.05) is 25.1 Å². The molecule has 0 saturated carbocycles. The molecular weight excluding hydrogens is 372 g/mol. The summed E-state index contributed by atoms with van der Waals surface area (Å²) in [7, 11) is 1.60. The monoisotopic (exact) mass is 402 g/mol. The molecule has 1 aliphatic rings. The minimum atomic E-state index is -0.126. The summed E-state index contributed by atoms with van der Waals surface area (Å²) in [6.07, 6.45) is 2.50. The van der Waals surface area contributed by atoms with Gasteiger partial charge in [-0.05, 0) is 66.3 Å². The molecule has 30 heavy (non-hydrogen) atoms. The third kappa shape index (κ3) is 4.28. The van der Waals surface area contributed by atoms with Crippen LogP contribution >= 0.6 is 0 Å². The van der Waals surface area contributed by atoms with Crippen LogP contribution in [-0.2, 0) is 0 Å². The lowest BCUT2D eigenvalue weighted by Crippen LogP contribution is -2.32. The van der Waals surface area contributed by atoms with Gasteiger partial charge in [-0.2, -0.15) is 0 Å². The Balaban J connectivity index is 1.47. The van der Waals surface area contributed by atoms with E-state index in [4.69, 9.17) is 4.74 Å². The van der Waals surface area contributed by atoms with Crippen molar-refractivity contribution in [3.63, 3.8) is 0 Å². The summed E-state index contributed by atoms with van der Waals surface area (Å²) in [5, 5.41) is 5.21. The molecule has 0 aliphatic carbocycles. The minimum absolute atomic E-state index is 0.0934. The second kappa shape index (κ2) is 8.78. The maximum atomic E-state index is 13.0. The van der Waals surface area contributed by atoms with Gasteiger partial charge in [0.15, 0.2) is 0 Å². The Labute approximate surface area is 178 Å². The fourth-order valence-electron chi connectivity index (χ4n) is 4.16. The van der Waals surface area contributed by atoms with Gasteiger partial charge in [-0.25, -0.2) is 0 Å². The maximum Gasteiger partial charge on any atom is 0.255 e. The van der Waals surface area contributed by atoms with Gasteiger partial charge >= 0.3 is 0 Å². The smallest absolute Gasteiger partial charge is 0.255 e. The lowest BCUT2D eigenvalue weighted by molar-refractivity contribution is 0.0937. The summed E-state index contributed by atoms with van der Waals surface area (Å²) in [6.45, 7) is 6.58. The van der Waals surface area contributed by atoms with Crippen LogP contribution in [0.3, 0.4) is 0 Å². The van der Waals surface area contributed by atoms with Crippen LogP contribution in [0.4, 0.5) is 5.69 Å². The number of hydrogen-bond acceptors (Lipinski definition) is 3. The molecule has 156 valence electrons.